The van der Waals surface area contributed by atoms with E-state index in [9.17, 15) is 9.59 Å². The Morgan fingerprint density at radius 1 is 1.42 bits per heavy atom. The van der Waals surface area contributed by atoms with Gasteiger partial charge < -0.3 is 15.3 Å². The van der Waals surface area contributed by atoms with Crippen molar-refractivity contribution in [2.24, 2.45) is 0 Å². The fourth-order valence-corrected chi connectivity index (χ4v) is 1.63. The van der Waals surface area contributed by atoms with E-state index in [1.807, 2.05) is 6.92 Å². The number of aliphatic carboxylic acids is 1. The number of benzene rings is 1. The van der Waals surface area contributed by atoms with Gasteiger partial charge in [0, 0.05) is 19.3 Å². The molecule has 0 aromatic heterocycles. The predicted octanol–water partition coefficient (Wildman–Crippen LogP) is 2.35. The molecule has 5 nitrogen and oxygen atoms in total. The number of rotatable bonds is 5. The maximum atomic E-state index is 11.8. The summed E-state index contributed by atoms with van der Waals surface area (Å²) in [7, 11) is 1.67. The second kappa shape index (κ2) is 6.58. The highest BCUT2D eigenvalue weighted by atomic mass is 16.4. The number of urea groups is 1. The van der Waals surface area contributed by atoms with Crippen LogP contribution in [0.3, 0.4) is 0 Å². The lowest BCUT2D eigenvalue weighted by molar-refractivity contribution is -0.136. The van der Waals surface area contributed by atoms with E-state index in [1.165, 1.54) is 4.90 Å². The fourth-order valence-electron chi connectivity index (χ4n) is 1.63. The molecule has 5 heteroatoms. The van der Waals surface area contributed by atoms with Crippen LogP contribution in [0.2, 0.25) is 0 Å². The lowest BCUT2D eigenvalue weighted by Crippen LogP contribution is -2.32. The van der Waals surface area contributed by atoms with Crippen molar-refractivity contribution >= 4 is 17.7 Å². The molecule has 0 saturated carbocycles. The normalized spacial score (nSPS) is 9.79. The molecule has 0 unspecified atom stereocenters. The van der Waals surface area contributed by atoms with Gasteiger partial charge in [0.05, 0.1) is 6.42 Å². The van der Waals surface area contributed by atoms with Gasteiger partial charge in [0.1, 0.15) is 0 Å². The van der Waals surface area contributed by atoms with Crippen molar-refractivity contribution in [2.45, 2.75) is 13.3 Å². The Labute approximate surface area is 112 Å². The zero-order valence-corrected chi connectivity index (χ0v) is 11.1. The molecule has 0 spiro atoms. The first kappa shape index (κ1) is 14.8. The molecule has 102 valence electrons. The van der Waals surface area contributed by atoms with Gasteiger partial charge in [0.2, 0.25) is 0 Å². The minimum Gasteiger partial charge on any atom is -0.481 e. The van der Waals surface area contributed by atoms with E-state index >= 15 is 0 Å². The van der Waals surface area contributed by atoms with Crippen LogP contribution in [0.4, 0.5) is 10.5 Å². The van der Waals surface area contributed by atoms with Gasteiger partial charge in [-0.15, -0.1) is 0 Å². The molecule has 1 aromatic carbocycles. The number of carbonyl (C=O) groups is 2. The van der Waals surface area contributed by atoms with Crippen molar-refractivity contribution in [3.63, 3.8) is 0 Å². The molecule has 0 aliphatic heterocycles. The summed E-state index contributed by atoms with van der Waals surface area (Å²) in [5.41, 5.74) is 2.11. The van der Waals surface area contributed by atoms with Crippen molar-refractivity contribution in [3.8, 4) is 0 Å². The number of amides is 2. The number of nitrogens with zero attached hydrogens (tertiary/aromatic N) is 1. The maximum absolute atomic E-state index is 11.8. The van der Waals surface area contributed by atoms with Crippen LogP contribution in [0.15, 0.2) is 36.4 Å². The van der Waals surface area contributed by atoms with Crippen LogP contribution in [0.1, 0.15) is 12.5 Å². The number of carbonyl (C=O) groups excluding carboxylic acids is 1. The monoisotopic (exact) mass is 262 g/mol. The first-order chi connectivity index (χ1) is 8.88. The molecule has 19 heavy (non-hydrogen) atoms. The molecular formula is C14H18N2O3. The standard InChI is InChI=1S/C14H18N2O3/c1-10(2)9-16(3)14(19)15-12-6-4-5-11(7-12)8-13(17)18/h4-7H,1,8-9H2,2-3H3,(H,15,19)(H,17,18). The Hall–Kier alpha value is -2.30. The highest BCUT2D eigenvalue weighted by molar-refractivity contribution is 5.89. The average Bonchev–Trinajstić information content (AvgIpc) is 2.27. The van der Waals surface area contributed by atoms with E-state index < -0.39 is 5.97 Å². The summed E-state index contributed by atoms with van der Waals surface area (Å²) < 4.78 is 0. The molecule has 2 amide bonds. The SMILES string of the molecule is C=C(C)CN(C)C(=O)Nc1cccc(CC(=O)O)c1. The number of hydrogen-bond donors (Lipinski definition) is 2. The van der Waals surface area contributed by atoms with Gasteiger partial charge in [-0.05, 0) is 24.6 Å². The third kappa shape index (κ3) is 5.25. The lowest BCUT2D eigenvalue weighted by Gasteiger charge is -2.18. The summed E-state index contributed by atoms with van der Waals surface area (Å²) in [5, 5.41) is 11.4. The van der Waals surface area contributed by atoms with Crippen LogP contribution in [-0.4, -0.2) is 35.6 Å². The molecule has 0 aliphatic carbocycles. The minimum atomic E-state index is -0.900. The molecule has 1 rings (SSSR count). The van der Waals surface area contributed by atoms with Gasteiger partial charge in [0.15, 0.2) is 0 Å². The third-order valence-electron chi connectivity index (χ3n) is 2.39. The van der Waals surface area contributed by atoms with Crippen LogP contribution >= 0.6 is 0 Å². The second-order valence-corrected chi connectivity index (χ2v) is 4.51. The zero-order chi connectivity index (χ0) is 14.4. The third-order valence-corrected chi connectivity index (χ3v) is 2.39. The summed E-state index contributed by atoms with van der Waals surface area (Å²) in [6.07, 6.45) is -0.0642. The molecule has 0 heterocycles. The topological polar surface area (TPSA) is 69.6 Å². The number of anilines is 1. The van der Waals surface area contributed by atoms with Crippen molar-refractivity contribution in [1.82, 2.24) is 4.90 Å². The zero-order valence-electron chi connectivity index (χ0n) is 11.1. The Bertz CT molecular complexity index is 497. The molecular weight excluding hydrogens is 244 g/mol. The Kier molecular flexibility index (Phi) is 5.11. The number of carboxylic acid groups (broad SMARTS) is 1. The van der Waals surface area contributed by atoms with Crippen LogP contribution in [-0.2, 0) is 11.2 Å². The van der Waals surface area contributed by atoms with Gasteiger partial charge in [-0.2, -0.15) is 0 Å². The van der Waals surface area contributed by atoms with E-state index in [-0.39, 0.29) is 12.5 Å². The molecule has 0 bridgehead atoms. The van der Waals surface area contributed by atoms with Gasteiger partial charge >= 0.3 is 12.0 Å². The number of likely N-dealkylation sites (N-methyl/N-ethyl adjacent to an activating group) is 1. The lowest BCUT2D eigenvalue weighted by atomic mass is 10.1. The highest BCUT2D eigenvalue weighted by Crippen LogP contribution is 2.12. The van der Waals surface area contributed by atoms with Crippen LogP contribution < -0.4 is 5.32 Å². The first-order valence-electron chi connectivity index (χ1n) is 5.85. The van der Waals surface area contributed by atoms with E-state index in [4.69, 9.17) is 5.11 Å². The first-order valence-corrected chi connectivity index (χ1v) is 5.85. The number of hydrogen-bond acceptors (Lipinski definition) is 2. The van der Waals surface area contributed by atoms with Crippen LogP contribution in [0.25, 0.3) is 0 Å². The summed E-state index contributed by atoms with van der Waals surface area (Å²) in [6, 6.07) is 6.54. The average molecular weight is 262 g/mol. The number of carboxylic acids is 1. The molecule has 1 aromatic rings. The van der Waals surface area contributed by atoms with E-state index in [0.29, 0.717) is 17.8 Å². The quantitative estimate of drug-likeness (QED) is 0.800. The summed E-state index contributed by atoms with van der Waals surface area (Å²) in [5.74, 6) is -0.900. The summed E-state index contributed by atoms with van der Waals surface area (Å²) in [4.78, 5) is 24.0. The molecule has 0 atom stereocenters. The molecule has 0 fully saturated rings. The second-order valence-electron chi connectivity index (χ2n) is 4.51. The predicted molar refractivity (Wildman–Crippen MR) is 74.2 cm³/mol. The van der Waals surface area contributed by atoms with Gasteiger partial charge in [-0.25, -0.2) is 4.79 Å². The molecule has 2 N–H and O–H groups in total. The van der Waals surface area contributed by atoms with E-state index in [0.717, 1.165) is 5.57 Å². The molecule has 0 radical (unpaired) electrons. The van der Waals surface area contributed by atoms with Crippen molar-refractivity contribution < 1.29 is 14.7 Å². The summed E-state index contributed by atoms with van der Waals surface area (Å²) in [6.45, 7) is 6.06. The Morgan fingerprint density at radius 3 is 2.68 bits per heavy atom. The van der Waals surface area contributed by atoms with E-state index in [1.54, 1.807) is 31.3 Å². The fraction of sp³-hybridized carbons (Fsp3) is 0.286. The smallest absolute Gasteiger partial charge is 0.321 e. The molecule has 0 aliphatic rings. The van der Waals surface area contributed by atoms with Crippen LogP contribution in [0, 0.1) is 0 Å². The van der Waals surface area contributed by atoms with Crippen LogP contribution in [0.5, 0.6) is 0 Å². The Morgan fingerprint density at radius 2 is 2.11 bits per heavy atom. The van der Waals surface area contributed by atoms with Crippen molar-refractivity contribution in [1.29, 1.82) is 0 Å². The van der Waals surface area contributed by atoms with Gasteiger partial charge in [0.25, 0.3) is 0 Å². The van der Waals surface area contributed by atoms with Gasteiger partial charge in [-0.3, -0.25) is 4.79 Å². The Balaban J connectivity index is 2.68. The van der Waals surface area contributed by atoms with Crippen molar-refractivity contribution in [2.75, 3.05) is 18.9 Å². The highest BCUT2D eigenvalue weighted by Gasteiger charge is 2.09. The minimum absolute atomic E-state index is 0.0642. The molecule has 0 saturated heterocycles. The van der Waals surface area contributed by atoms with E-state index in [2.05, 4.69) is 11.9 Å². The largest absolute Gasteiger partial charge is 0.481 e. The van der Waals surface area contributed by atoms with Crippen molar-refractivity contribution in [3.05, 3.63) is 42.0 Å². The van der Waals surface area contributed by atoms with Gasteiger partial charge in [-0.1, -0.05) is 24.3 Å². The summed E-state index contributed by atoms with van der Waals surface area (Å²) >= 11 is 0. The maximum Gasteiger partial charge on any atom is 0.321 e. The number of nitrogens with one attached hydrogen (secondary N) is 1.